The van der Waals surface area contributed by atoms with Gasteiger partial charge in [-0.2, -0.15) is 0 Å². The van der Waals surface area contributed by atoms with Crippen molar-refractivity contribution in [3.05, 3.63) is 36.2 Å². The van der Waals surface area contributed by atoms with E-state index < -0.39 is 0 Å². The van der Waals surface area contributed by atoms with Gasteiger partial charge in [0.15, 0.2) is 0 Å². The van der Waals surface area contributed by atoms with Gasteiger partial charge in [-0.25, -0.2) is 0 Å². The highest BCUT2D eigenvalue weighted by Gasteiger charge is 2.00. The van der Waals surface area contributed by atoms with Gasteiger partial charge in [-0.3, -0.25) is 0 Å². The Morgan fingerprint density at radius 3 is 2.46 bits per heavy atom. The van der Waals surface area contributed by atoms with Crippen molar-refractivity contribution in [1.29, 1.82) is 0 Å². The standard InChI is InChI=1S/C12H15N/c1-9(2)13-7-11-5-4-10(3)6-12(11)8-13/h4-9H,1-3H3. The van der Waals surface area contributed by atoms with Gasteiger partial charge >= 0.3 is 0 Å². The Kier molecular flexibility index (Phi) is 1.87. The maximum absolute atomic E-state index is 2.25. The number of hydrogen-bond donors (Lipinski definition) is 0. The normalized spacial score (nSPS) is 11.4. The van der Waals surface area contributed by atoms with Gasteiger partial charge in [-0.15, -0.1) is 0 Å². The fourth-order valence-electron chi connectivity index (χ4n) is 1.58. The summed E-state index contributed by atoms with van der Waals surface area (Å²) in [4.78, 5) is 0. The number of nitrogens with zero attached hydrogens (tertiary/aromatic N) is 1. The van der Waals surface area contributed by atoms with E-state index in [9.17, 15) is 0 Å². The third-order valence-electron chi connectivity index (χ3n) is 2.41. The molecule has 0 unspecified atom stereocenters. The van der Waals surface area contributed by atoms with Crippen molar-refractivity contribution in [3.8, 4) is 0 Å². The van der Waals surface area contributed by atoms with Crippen LogP contribution < -0.4 is 0 Å². The monoisotopic (exact) mass is 173 g/mol. The largest absolute Gasteiger partial charge is 0.351 e. The van der Waals surface area contributed by atoms with Crippen LogP contribution in [0.2, 0.25) is 0 Å². The van der Waals surface area contributed by atoms with Crippen LogP contribution in [0.3, 0.4) is 0 Å². The van der Waals surface area contributed by atoms with E-state index in [0.29, 0.717) is 6.04 Å². The van der Waals surface area contributed by atoms with Crippen LogP contribution >= 0.6 is 0 Å². The van der Waals surface area contributed by atoms with Gasteiger partial charge in [0.05, 0.1) is 0 Å². The Morgan fingerprint density at radius 2 is 1.77 bits per heavy atom. The number of rotatable bonds is 1. The van der Waals surface area contributed by atoms with Crippen molar-refractivity contribution in [1.82, 2.24) is 4.57 Å². The molecule has 0 saturated carbocycles. The van der Waals surface area contributed by atoms with Crippen LogP contribution in [0.25, 0.3) is 10.8 Å². The highest BCUT2D eigenvalue weighted by Crippen LogP contribution is 2.19. The second-order valence-electron chi connectivity index (χ2n) is 3.93. The molecule has 2 rings (SSSR count). The van der Waals surface area contributed by atoms with Crippen molar-refractivity contribution >= 4 is 10.8 Å². The highest BCUT2D eigenvalue weighted by molar-refractivity contribution is 5.82. The number of aryl methyl sites for hydroxylation is 1. The summed E-state index contributed by atoms with van der Waals surface area (Å²) in [6, 6.07) is 7.12. The maximum Gasteiger partial charge on any atom is 0.0274 e. The molecule has 13 heavy (non-hydrogen) atoms. The summed E-state index contributed by atoms with van der Waals surface area (Å²) < 4.78 is 2.25. The van der Waals surface area contributed by atoms with Crippen molar-refractivity contribution in [3.63, 3.8) is 0 Å². The maximum atomic E-state index is 2.25. The molecule has 0 aliphatic heterocycles. The molecule has 0 aliphatic carbocycles. The van der Waals surface area contributed by atoms with E-state index in [1.807, 2.05) is 0 Å². The molecule has 0 saturated heterocycles. The molecule has 1 heterocycles. The summed E-state index contributed by atoms with van der Waals surface area (Å²) in [6.07, 6.45) is 4.42. The second-order valence-corrected chi connectivity index (χ2v) is 3.93. The minimum atomic E-state index is 0.549. The zero-order chi connectivity index (χ0) is 9.42. The summed E-state index contributed by atoms with van der Waals surface area (Å²) in [5.41, 5.74) is 1.33. The molecule has 2 aromatic rings. The average Bonchev–Trinajstić information content (AvgIpc) is 2.46. The number of hydrogen-bond acceptors (Lipinski definition) is 0. The summed E-state index contributed by atoms with van der Waals surface area (Å²) >= 11 is 0. The SMILES string of the molecule is Cc1ccc2cn(C(C)C)cc2c1. The highest BCUT2D eigenvalue weighted by atomic mass is 15.0. The first-order valence-electron chi connectivity index (χ1n) is 4.74. The second kappa shape index (κ2) is 2.91. The summed E-state index contributed by atoms with van der Waals surface area (Å²) in [5, 5.41) is 2.67. The molecule has 1 heteroatoms. The molecule has 0 bridgehead atoms. The van der Waals surface area contributed by atoms with Gasteiger partial charge in [0.25, 0.3) is 0 Å². The Balaban J connectivity index is 2.62. The predicted molar refractivity (Wildman–Crippen MR) is 57.1 cm³/mol. The predicted octanol–water partition coefficient (Wildman–Crippen LogP) is 3.53. The van der Waals surface area contributed by atoms with Crippen LogP contribution in [0.5, 0.6) is 0 Å². The molecule has 0 N–H and O–H groups in total. The van der Waals surface area contributed by atoms with E-state index in [0.717, 1.165) is 0 Å². The molecule has 1 aromatic heterocycles. The zero-order valence-electron chi connectivity index (χ0n) is 8.41. The molecule has 0 aliphatic rings. The van der Waals surface area contributed by atoms with Crippen LogP contribution in [0, 0.1) is 6.92 Å². The first-order chi connectivity index (χ1) is 6.16. The molecule has 0 fully saturated rings. The Hall–Kier alpha value is -1.24. The van der Waals surface area contributed by atoms with Crippen LogP contribution in [0.1, 0.15) is 25.5 Å². The van der Waals surface area contributed by atoms with E-state index in [2.05, 4.69) is 55.9 Å². The van der Waals surface area contributed by atoms with Crippen molar-refractivity contribution in [2.24, 2.45) is 0 Å². The fraction of sp³-hybridized carbons (Fsp3) is 0.333. The third-order valence-corrected chi connectivity index (χ3v) is 2.41. The zero-order valence-corrected chi connectivity index (χ0v) is 8.41. The lowest BCUT2D eigenvalue weighted by Gasteiger charge is -2.04. The van der Waals surface area contributed by atoms with Gasteiger partial charge in [-0.05, 0) is 37.6 Å². The van der Waals surface area contributed by atoms with E-state index in [-0.39, 0.29) is 0 Å². The average molecular weight is 173 g/mol. The molecule has 0 radical (unpaired) electrons. The van der Waals surface area contributed by atoms with Crippen molar-refractivity contribution < 1.29 is 0 Å². The minimum Gasteiger partial charge on any atom is -0.351 e. The molecule has 1 aromatic carbocycles. The summed E-state index contributed by atoms with van der Waals surface area (Å²) in [6.45, 7) is 6.53. The first-order valence-corrected chi connectivity index (χ1v) is 4.74. The molecule has 0 amide bonds. The van der Waals surface area contributed by atoms with Crippen molar-refractivity contribution in [2.75, 3.05) is 0 Å². The van der Waals surface area contributed by atoms with E-state index in [1.54, 1.807) is 0 Å². The first kappa shape index (κ1) is 8.36. The lowest BCUT2D eigenvalue weighted by molar-refractivity contribution is 0.606. The Morgan fingerprint density at radius 1 is 1.08 bits per heavy atom. The summed E-state index contributed by atoms with van der Waals surface area (Å²) in [5.74, 6) is 0. The Labute approximate surface area is 79.0 Å². The van der Waals surface area contributed by atoms with E-state index in [4.69, 9.17) is 0 Å². The van der Waals surface area contributed by atoms with Gasteiger partial charge in [0.2, 0.25) is 0 Å². The number of aromatic nitrogens is 1. The quantitative estimate of drug-likeness (QED) is 0.621. The van der Waals surface area contributed by atoms with Crippen LogP contribution in [-0.4, -0.2) is 4.57 Å². The van der Waals surface area contributed by atoms with Crippen LogP contribution in [0.4, 0.5) is 0 Å². The van der Waals surface area contributed by atoms with Crippen LogP contribution in [0.15, 0.2) is 30.6 Å². The van der Waals surface area contributed by atoms with Gasteiger partial charge in [0, 0.05) is 18.4 Å². The lowest BCUT2D eigenvalue weighted by Crippen LogP contribution is -1.94. The minimum absolute atomic E-state index is 0.549. The Bertz CT molecular complexity index is 424. The van der Waals surface area contributed by atoms with Crippen molar-refractivity contribution in [2.45, 2.75) is 26.8 Å². The van der Waals surface area contributed by atoms with Gasteiger partial charge < -0.3 is 4.57 Å². The molecule has 0 spiro atoms. The molecule has 68 valence electrons. The van der Waals surface area contributed by atoms with Crippen LogP contribution in [-0.2, 0) is 0 Å². The topological polar surface area (TPSA) is 4.93 Å². The van der Waals surface area contributed by atoms with Gasteiger partial charge in [0.1, 0.15) is 0 Å². The van der Waals surface area contributed by atoms with Gasteiger partial charge in [-0.1, -0.05) is 17.7 Å². The fourth-order valence-corrected chi connectivity index (χ4v) is 1.58. The molecule has 1 nitrogen and oxygen atoms in total. The van der Waals surface area contributed by atoms with E-state index in [1.165, 1.54) is 16.3 Å². The van der Waals surface area contributed by atoms with E-state index >= 15 is 0 Å². The number of benzene rings is 1. The smallest absolute Gasteiger partial charge is 0.0274 e. The number of fused-ring (bicyclic) bond motifs is 1. The molecular formula is C12H15N. The lowest BCUT2D eigenvalue weighted by atomic mass is 10.1. The summed E-state index contributed by atoms with van der Waals surface area (Å²) in [7, 11) is 0. The third kappa shape index (κ3) is 1.46. The molecule has 0 atom stereocenters. The molecular weight excluding hydrogens is 158 g/mol.